The van der Waals surface area contributed by atoms with Crippen LogP contribution in [0.15, 0.2) is 42.5 Å². The van der Waals surface area contributed by atoms with E-state index in [0.717, 1.165) is 0 Å². The number of ether oxygens (including phenoxy) is 3. The highest BCUT2D eigenvalue weighted by Gasteiger charge is 2.15. The highest BCUT2D eigenvalue weighted by Crippen LogP contribution is 2.18. The molecule has 1 amide bonds. The molecule has 0 aliphatic carbocycles. The van der Waals surface area contributed by atoms with Crippen molar-refractivity contribution in [3.63, 3.8) is 0 Å². The van der Waals surface area contributed by atoms with Crippen LogP contribution in [0, 0.1) is 0 Å². The van der Waals surface area contributed by atoms with Crippen molar-refractivity contribution in [2.24, 2.45) is 0 Å². The van der Waals surface area contributed by atoms with Crippen molar-refractivity contribution in [1.82, 2.24) is 0 Å². The largest absolute Gasteiger partial charge is 0.484 e. The number of rotatable bonds is 7. The highest BCUT2D eigenvalue weighted by molar-refractivity contribution is 5.99. The summed E-state index contributed by atoms with van der Waals surface area (Å²) >= 11 is 0. The van der Waals surface area contributed by atoms with Crippen molar-refractivity contribution in [3.05, 3.63) is 59.2 Å². The minimum atomic E-state index is -0.668. The summed E-state index contributed by atoms with van der Waals surface area (Å²) in [5.41, 5.74) is 0.826. The number of Topliss-reactive ketones (excluding diaryl/α,β-unsaturated/α-hetero) is 1. The first-order chi connectivity index (χ1) is 13.3. The molecule has 0 fully saturated rings. The van der Waals surface area contributed by atoms with Gasteiger partial charge in [-0.3, -0.25) is 9.59 Å². The van der Waals surface area contributed by atoms with Gasteiger partial charge in [0.2, 0.25) is 0 Å². The fourth-order valence-corrected chi connectivity index (χ4v) is 2.32. The van der Waals surface area contributed by atoms with Gasteiger partial charge in [-0.1, -0.05) is 12.1 Å². The zero-order valence-electron chi connectivity index (χ0n) is 15.6. The van der Waals surface area contributed by atoms with E-state index in [1.165, 1.54) is 45.4 Å². The lowest BCUT2D eigenvalue weighted by atomic mass is 10.1. The average Bonchev–Trinajstić information content (AvgIpc) is 2.70. The quantitative estimate of drug-likeness (QED) is 0.576. The minimum Gasteiger partial charge on any atom is -0.484 e. The van der Waals surface area contributed by atoms with Crippen LogP contribution in [0.1, 0.15) is 38.0 Å². The van der Waals surface area contributed by atoms with Crippen LogP contribution in [0.2, 0.25) is 0 Å². The maximum atomic E-state index is 12.2. The number of carbonyl (C=O) groups excluding carboxylic acids is 4. The van der Waals surface area contributed by atoms with Gasteiger partial charge in [0.05, 0.1) is 25.3 Å². The molecule has 0 bridgehead atoms. The molecule has 2 rings (SSSR count). The molecule has 0 atom stereocenters. The third-order valence-electron chi connectivity index (χ3n) is 3.67. The maximum absolute atomic E-state index is 12.2. The van der Waals surface area contributed by atoms with Crippen LogP contribution in [-0.4, -0.2) is 44.5 Å². The van der Waals surface area contributed by atoms with E-state index < -0.39 is 17.8 Å². The molecule has 2 aromatic carbocycles. The van der Waals surface area contributed by atoms with Crippen molar-refractivity contribution in [2.75, 3.05) is 26.1 Å². The zero-order valence-corrected chi connectivity index (χ0v) is 15.6. The number of methoxy groups -OCH3 is 2. The molecule has 1 N–H and O–H groups in total. The lowest BCUT2D eigenvalue weighted by Gasteiger charge is -2.10. The Labute approximate surface area is 161 Å². The Morgan fingerprint density at radius 3 is 2.00 bits per heavy atom. The van der Waals surface area contributed by atoms with Crippen LogP contribution in [-0.2, 0) is 14.3 Å². The summed E-state index contributed by atoms with van der Waals surface area (Å²) in [7, 11) is 2.41. The Balaban J connectivity index is 2.12. The number of hydrogen-bond acceptors (Lipinski definition) is 7. The fraction of sp³-hybridized carbons (Fsp3) is 0.200. The smallest absolute Gasteiger partial charge is 0.337 e. The SMILES string of the molecule is COC(=O)c1cc(NC(=O)COc2cccc(C(C)=O)c2)cc(C(=O)OC)c1. The van der Waals surface area contributed by atoms with Crippen molar-refractivity contribution in [3.8, 4) is 5.75 Å². The van der Waals surface area contributed by atoms with Gasteiger partial charge in [0, 0.05) is 11.3 Å². The first-order valence-corrected chi connectivity index (χ1v) is 8.19. The molecule has 0 radical (unpaired) electrons. The molecule has 8 heteroatoms. The normalized spacial score (nSPS) is 9.96. The molecular formula is C20H19NO7. The van der Waals surface area contributed by atoms with Gasteiger partial charge in [-0.25, -0.2) is 9.59 Å². The Hall–Kier alpha value is -3.68. The molecule has 0 heterocycles. The summed E-state index contributed by atoms with van der Waals surface area (Å²) in [4.78, 5) is 47.1. The molecule has 0 spiro atoms. The van der Waals surface area contributed by atoms with Gasteiger partial charge < -0.3 is 19.5 Å². The molecular weight excluding hydrogens is 366 g/mol. The molecule has 28 heavy (non-hydrogen) atoms. The van der Waals surface area contributed by atoms with Gasteiger partial charge in [0.15, 0.2) is 12.4 Å². The van der Waals surface area contributed by atoms with E-state index in [9.17, 15) is 19.2 Å². The summed E-state index contributed by atoms with van der Waals surface area (Å²) in [5, 5.41) is 2.54. The molecule has 0 unspecified atom stereocenters. The number of carbonyl (C=O) groups is 4. The topological polar surface area (TPSA) is 108 Å². The second kappa shape index (κ2) is 9.31. The Kier molecular flexibility index (Phi) is 6.86. The van der Waals surface area contributed by atoms with E-state index >= 15 is 0 Å². The summed E-state index contributed by atoms with van der Waals surface area (Å²) in [6.07, 6.45) is 0. The molecule has 8 nitrogen and oxygen atoms in total. The van der Waals surface area contributed by atoms with Crippen molar-refractivity contribution >= 4 is 29.3 Å². The van der Waals surface area contributed by atoms with Crippen LogP contribution in [0.25, 0.3) is 0 Å². The molecule has 0 saturated carbocycles. The van der Waals surface area contributed by atoms with E-state index in [2.05, 4.69) is 14.8 Å². The maximum Gasteiger partial charge on any atom is 0.337 e. The van der Waals surface area contributed by atoms with E-state index in [1.807, 2.05) is 0 Å². The van der Waals surface area contributed by atoms with E-state index in [4.69, 9.17) is 4.74 Å². The van der Waals surface area contributed by atoms with E-state index in [-0.39, 0.29) is 29.2 Å². The lowest BCUT2D eigenvalue weighted by Crippen LogP contribution is -2.21. The van der Waals surface area contributed by atoms with Gasteiger partial charge in [-0.15, -0.1) is 0 Å². The van der Waals surface area contributed by atoms with Gasteiger partial charge in [-0.05, 0) is 37.3 Å². The van der Waals surface area contributed by atoms with Crippen LogP contribution >= 0.6 is 0 Å². The fourth-order valence-electron chi connectivity index (χ4n) is 2.32. The first kappa shape index (κ1) is 20.6. The molecule has 0 aliphatic heterocycles. The van der Waals surface area contributed by atoms with Crippen LogP contribution < -0.4 is 10.1 Å². The average molecular weight is 385 g/mol. The monoisotopic (exact) mass is 385 g/mol. The Bertz CT molecular complexity index is 886. The van der Waals surface area contributed by atoms with Crippen molar-refractivity contribution in [2.45, 2.75) is 6.92 Å². The minimum absolute atomic E-state index is 0.0794. The zero-order chi connectivity index (χ0) is 20.7. The second-order valence-electron chi connectivity index (χ2n) is 5.70. The summed E-state index contributed by atoms with van der Waals surface area (Å²) in [6, 6.07) is 10.5. The van der Waals surface area contributed by atoms with E-state index in [0.29, 0.717) is 11.3 Å². The van der Waals surface area contributed by atoms with Crippen LogP contribution in [0.5, 0.6) is 5.75 Å². The van der Waals surface area contributed by atoms with Crippen molar-refractivity contribution < 1.29 is 33.4 Å². The number of benzene rings is 2. The Morgan fingerprint density at radius 2 is 1.46 bits per heavy atom. The predicted molar refractivity (Wildman–Crippen MR) is 99.7 cm³/mol. The number of esters is 2. The third kappa shape index (κ3) is 5.41. The molecule has 2 aromatic rings. The van der Waals surface area contributed by atoms with Gasteiger partial charge in [0.25, 0.3) is 5.91 Å². The molecule has 0 aliphatic rings. The molecule has 0 aromatic heterocycles. The van der Waals surface area contributed by atoms with Gasteiger partial charge in [0.1, 0.15) is 5.75 Å². The van der Waals surface area contributed by atoms with Crippen LogP contribution in [0.4, 0.5) is 5.69 Å². The molecule has 146 valence electrons. The number of anilines is 1. The standard InChI is InChI=1S/C20H19NO7/c1-12(22)13-5-4-6-17(10-13)28-11-18(23)21-16-8-14(19(24)26-2)7-15(9-16)20(25)27-3/h4-10H,11H2,1-3H3,(H,21,23). The van der Waals surface area contributed by atoms with Crippen LogP contribution in [0.3, 0.4) is 0 Å². The highest BCUT2D eigenvalue weighted by atomic mass is 16.5. The van der Waals surface area contributed by atoms with Gasteiger partial charge >= 0.3 is 11.9 Å². The summed E-state index contributed by atoms with van der Waals surface area (Å²) < 4.78 is 14.7. The second-order valence-corrected chi connectivity index (χ2v) is 5.70. The number of ketones is 1. The van der Waals surface area contributed by atoms with Crippen molar-refractivity contribution in [1.29, 1.82) is 0 Å². The molecule has 0 saturated heterocycles. The predicted octanol–water partition coefficient (Wildman–Crippen LogP) is 2.48. The Morgan fingerprint density at radius 1 is 0.857 bits per heavy atom. The third-order valence-corrected chi connectivity index (χ3v) is 3.67. The summed E-state index contributed by atoms with van der Waals surface area (Å²) in [6.45, 7) is 1.09. The summed E-state index contributed by atoms with van der Waals surface area (Å²) in [5.74, 6) is -1.62. The number of amides is 1. The lowest BCUT2D eigenvalue weighted by molar-refractivity contribution is -0.118. The van der Waals surface area contributed by atoms with Gasteiger partial charge in [-0.2, -0.15) is 0 Å². The number of nitrogens with one attached hydrogen (secondary N) is 1. The van der Waals surface area contributed by atoms with E-state index in [1.54, 1.807) is 18.2 Å². The number of hydrogen-bond donors (Lipinski definition) is 1. The first-order valence-electron chi connectivity index (χ1n) is 8.19.